The molecule has 70 heavy (non-hydrogen) atoms. The standard InChI is InChI=1S/C66H48N2Si2/c1-7-25-51(26-8-1)69(52-27-9-2-10-28-52,53-29-11-3-12-30-53)57-45-50(46-58(48-57)70(54-31-13-4-14-32-54,55-33-15-5-16-34-55)56-35-17-6-18-36-56)68-65-42-24-21-39-61(65)62-47-49(43-44-66(62)68)67-63-40-22-19-37-59(63)60-38-20-23-41-64(60)67/h1-48H/i19D,20D,22D,23D,37D,38D,40D,41D. The third kappa shape index (κ3) is 6.45. The molecule has 0 fully saturated rings. The molecular weight excluding hydrogens is 877 g/mol. The molecule has 13 aromatic rings. The van der Waals surface area contributed by atoms with Crippen LogP contribution in [0.15, 0.2) is 291 Å². The molecule has 11 aromatic carbocycles. The van der Waals surface area contributed by atoms with Crippen molar-refractivity contribution < 1.29 is 11.0 Å². The maximum absolute atomic E-state index is 9.30. The Labute approximate surface area is 421 Å². The van der Waals surface area contributed by atoms with Crippen molar-refractivity contribution in [2.75, 3.05) is 0 Å². The van der Waals surface area contributed by atoms with Gasteiger partial charge in [0.1, 0.15) is 0 Å². The molecule has 0 saturated carbocycles. The van der Waals surface area contributed by atoms with Crippen LogP contribution in [0.25, 0.3) is 55.0 Å². The fourth-order valence-corrected chi connectivity index (χ4v) is 21.1. The molecule has 330 valence electrons. The second kappa shape index (κ2) is 17.2. The fourth-order valence-electron chi connectivity index (χ4n) is 11.4. The number of para-hydroxylation sites is 3. The lowest BCUT2D eigenvalue weighted by Gasteiger charge is -2.38. The molecule has 0 aliphatic carbocycles. The summed E-state index contributed by atoms with van der Waals surface area (Å²) in [5.74, 6) is 0. The van der Waals surface area contributed by atoms with E-state index in [0.717, 1.165) is 27.5 Å². The average Bonchev–Trinajstić information content (AvgIpc) is 4.19. The lowest BCUT2D eigenvalue weighted by atomic mass is 10.1. The molecule has 4 heteroatoms. The lowest BCUT2D eigenvalue weighted by Crippen LogP contribution is -2.78. The van der Waals surface area contributed by atoms with E-state index in [2.05, 4.69) is 223 Å². The van der Waals surface area contributed by atoms with E-state index in [4.69, 9.17) is 8.22 Å². The second-order valence-corrected chi connectivity index (χ2v) is 25.4. The number of benzene rings is 11. The average molecular weight is 933 g/mol. The van der Waals surface area contributed by atoms with E-state index in [1.165, 1.54) is 41.5 Å². The summed E-state index contributed by atoms with van der Waals surface area (Å²) >= 11 is 0. The molecule has 0 aliphatic rings. The van der Waals surface area contributed by atoms with E-state index < -0.39 is 40.3 Å². The Morgan fingerprint density at radius 2 is 0.586 bits per heavy atom. The zero-order valence-corrected chi connectivity index (χ0v) is 40.0. The second-order valence-electron chi connectivity index (χ2n) is 17.8. The summed E-state index contributed by atoms with van der Waals surface area (Å²) in [5, 5.41) is 11.7. The van der Waals surface area contributed by atoms with Crippen molar-refractivity contribution in [3.63, 3.8) is 0 Å². The first-order valence-electron chi connectivity index (χ1n) is 27.6. The molecule has 0 amide bonds. The Kier molecular flexibility index (Phi) is 8.32. The molecule has 0 N–H and O–H groups in total. The van der Waals surface area contributed by atoms with Crippen molar-refractivity contribution in [3.05, 3.63) is 291 Å². The Morgan fingerprint density at radius 1 is 0.243 bits per heavy atom. The van der Waals surface area contributed by atoms with E-state index in [1.807, 2.05) is 24.3 Å². The van der Waals surface area contributed by atoms with Crippen molar-refractivity contribution in [2.24, 2.45) is 0 Å². The van der Waals surface area contributed by atoms with Crippen LogP contribution in [-0.4, -0.2) is 25.3 Å². The van der Waals surface area contributed by atoms with Crippen LogP contribution in [0, 0.1) is 0 Å². The largest absolute Gasteiger partial charge is 0.309 e. The highest BCUT2D eigenvalue weighted by Gasteiger charge is 2.46. The quantitative estimate of drug-likeness (QED) is 0.0955. The van der Waals surface area contributed by atoms with Crippen LogP contribution in [0.5, 0.6) is 0 Å². The van der Waals surface area contributed by atoms with E-state index in [-0.39, 0.29) is 46.0 Å². The van der Waals surface area contributed by atoms with Gasteiger partial charge in [0.25, 0.3) is 0 Å². The number of aromatic nitrogens is 2. The third-order valence-corrected chi connectivity index (χ3v) is 23.7. The first-order valence-corrected chi connectivity index (χ1v) is 27.6. The lowest BCUT2D eigenvalue weighted by molar-refractivity contribution is 1.17. The van der Waals surface area contributed by atoms with Crippen molar-refractivity contribution in [2.45, 2.75) is 0 Å². The molecule has 0 atom stereocenters. The van der Waals surface area contributed by atoms with Crippen LogP contribution in [-0.2, 0) is 0 Å². The van der Waals surface area contributed by atoms with Crippen LogP contribution < -0.4 is 41.5 Å². The van der Waals surface area contributed by atoms with E-state index >= 15 is 0 Å². The molecule has 0 aliphatic heterocycles. The van der Waals surface area contributed by atoms with Gasteiger partial charge >= 0.3 is 0 Å². The van der Waals surface area contributed by atoms with Crippen LogP contribution in [0.3, 0.4) is 0 Å². The minimum absolute atomic E-state index is 0.0423. The summed E-state index contributed by atoms with van der Waals surface area (Å²) in [4.78, 5) is 0. The molecule has 2 heterocycles. The van der Waals surface area contributed by atoms with Crippen LogP contribution in [0.2, 0.25) is 0 Å². The van der Waals surface area contributed by atoms with Gasteiger partial charge in [-0.25, -0.2) is 0 Å². The number of nitrogens with zero attached hydrogens (tertiary/aromatic N) is 2. The van der Waals surface area contributed by atoms with Gasteiger partial charge in [0, 0.05) is 32.9 Å². The molecule has 0 radical (unpaired) electrons. The monoisotopic (exact) mass is 932 g/mol. The van der Waals surface area contributed by atoms with Crippen molar-refractivity contribution in [3.8, 4) is 11.4 Å². The maximum atomic E-state index is 9.30. The molecule has 2 nitrogen and oxygen atoms in total. The predicted molar refractivity (Wildman–Crippen MR) is 302 cm³/mol. The van der Waals surface area contributed by atoms with Gasteiger partial charge in [0.15, 0.2) is 16.1 Å². The summed E-state index contributed by atoms with van der Waals surface area (Å²) < 4.78 is 75.7. The van der Waals surface area contributed by atoms with Gasteiger partial charge in [-0.2, -0.15) is 0 Å². The van der Waals surface area contributed by atoms with Gasteiger partial charge < -0.3 is 9.13 Å². The summed E-state index contributed by atoms with van der Waals surface area (Å²) in [6.45, 7) is 0. The summed E-state index contributed by atoms with van der Waals surface area (Å²) in [5.41, 5.74) is 3.43. The fraction of sp³-hybridized carbons (Fsp3) is 0. The Balaban J connectivity index is 1.20. The molecule has 0 saturated heterocycles. The molecule has 0 unspecified atom stereocenters. The minimum atomic E-state index is -3.24. The van der Waals surface area contributed by atoms with Crippen LogP contribution in [0.1, 0.15) is 11.0 Å². The Bertz CT molecular complexity index is 4050. The van der Waals surface area contributed by atoms with Gasteiger partial charge in [-0.15, -0.1) is 0 Å². The van der Waals surface area contributed by atoms with E-state index in [1.54, 1.807) is 4.57 Å². The summed E-state index contributed by atoms with van der Waals surface area (Å²) in [7, 11) is -6.49. The van der Waals surface area contributed by atoms with E-state index in [0.29, 0.717) is 5.69 Å². The molecular formula is C66H48N2Si2. The Hall–Kier alpha value is -8.55. The normalized spacial score (nSPS) is 13.6. The van der Waals surface area contributed by atoms with Gasteiger partial charge in [-0.05, 0) is 90.0 Å². The van der Waals surface area contributed by atoms with E-state index in [9.17, 15) is 2.74 Å². The number of hydrogen-bond donors (Lipinski definition) is 0. The number of rotatable bonds is 10. The maximum Gasteiger partial charge on any atom is 0.179 e. The van der Waals surface area contributed by atoms with Gasteiger partial charge in [0.05, 0.1) is 33.0 Å². The van der Waals surface area contributed by atoms with Crippen molar-refractivity contribution in [1.29, 1.82) is 0 Å². The Morgan fingerprint density at radius 3 is 1.00 bits per heavy atom. The first kappa shape index (κ1) is 33.9. The minimum Gasteiger partial charge on any atom is -0.309 e. The van der Waals surface area contributed by atoms with Crippen molar-refractivity contribution >= 4 is 101 Å². The molecule has 13 rings (SSSR count). The zero-order chi connectivity index (χ0) is 53.5. The van der Waals surface area contributed by atoms with Crippen LogP contribution >= 0.6 is 0 Å². The molecule has 2 aromatic heterocycles. The first-order chi connectivity index (χ1) is 38.1. The third-order valence-electron chi connectivity index (χ3n) is 14.2. The number of hydrogen-bond acceptors (Lipinski definition) is 0. The van der Waals surface area contributed by atoms with Crippen LogP contribution in [0.4, 0.5) is 0 Å². The summed E-state index contributed by atoms with van der Waals surface area (Å²) in [6.07, 6.45) is 0. The highest BCUT2D eigenvalue weighted by atomic mass is 28.3. The highest BCUT2D eigenvalue weighted by molar-refractivity contribution is 7.22. The van der Waals surface area contributed by atoms with Gasteiger partial charge in [-0.1, -0.05) is 243 Å². The highest BCUT2D eigenvalue weighted by Crippen LogP contribution is 2.37. The van der Waals surface area contributed by atoms with Crippen molar-refractivity contribution in [1.82, 2.24) is 9.13 Å². The molecule has 0 spiro atoms. The zero-order valence-electron chi connectivity index (χ0n) is 46.0. The topological polar surface area (TPSA) is 9.86 Å². The van der Waals surface area contributed by atoms with Gasteiger partial charge in [-0.3, -0.25) is 0 Å². The number of fused-ring (bicyclic) bond motifs is 6. The molecule has 0 bridgehead atoms. The SMILES string of the molecule is [2H]c1c([2H])c([2H])c2c(c1[2H])c1c([2H])c([2H])c([2H])c([2H])c1n2-c1ccc2c(c1)c1ccccc1n2-c1cc([Si](c2ccccc2)(c2ccccc2)c2ccccc2)cc([Si](c2ccccc2)(c2ccccc2)c2ccccc2)c1. The smallest absolute Gasteiger partial charge is 0.179 e. The predicted octanol–water partition coefficient (Wildman–Crippen LogP) is 10.6. The van der Waals surface area contributed by atoms with Gasteiger partial charge in [0.2, 0.25) is 0 Å². The summed E-state index contributed by atoms with van der Waals surface area (Å²) in [6, 6.07) is 84.4.